The number of halogens is 1. The minimum atomic E-state index is -0.352. The number of piperazine rings is 1. The molecule has 1 aliphatic rings. The standard InChI is InChI=1S/C20H23FN6O2/c1-14(2)27-19(22-23-24-27)18(15-6-3-4-7-16(15)21)25-9-11-26(12-10-25)20(28)17-8-5-13-29-17/h3-8,13-14,18H,9-12H2,1-2H3/p+1/t18-/m1/s1. The van der Waals surface area contributed by atoms with Gasteiger partial charge in [-0.25, -0.2) is 9.07 Å². The molecule has 1 aliphatic heterocycles. The molecule has 0 bridgehead atoms. The van der Waals surface area contributed by atoms with Gasteiger partial charge >= 0.3 is 0 Å². The van der Waals surface area contributed by atoms with Crippen LogP contribution in [0.5, 0.6) is 0 Å². The average molecular weight is 399 g/mol. The third-order valence-electron chi connectivity index (χ3n) is 5.31. The minimum absolute atomic E-state index is 0.0514. The van der Waals surface area contributed by atoms with E-state index in [1.54, 1.807) is 33.8 Å². The molecule has 9 heteroatoms. The molecule has 1 atom stereocenters. The Bertz CT molecular complexity index is 963. The van der Waals surface area contributed by atoms with E-state index < -0.39 is 0 Å². The molecule has 0 saturated carbocycles. The van der Waals surface area contributed by atoms with Gasteiger partial charge in [-0.05, 0) is 48.5 Å². The number of nitrogens with zero attached hydrogens (tertiary/aromatic N) is 5. The third kappa shape index (κ3) is 3.77. The Morgan fingerprint density at radius 1 is 1.17 bits per heavy atom. The number of furan rings is 1. The summed E-state index contributed by atoms with van der Waals surface area (Å²) >= 11 is 0. The zero-order valence-corrected chi connectivity index (χ0v) is 16.5. The van der Waals surface area contributed by atoms with E-state index in [-0.39, 0.29) is 23.8 Å². The van der Waals surface area contributed by atoms with E-state index in [2.05, 4.69) is 15.5 Å². The van der Waals surface area contributed by atoms with Crippen LogP contribution in [-0.4, -0.2) is 57.2 Å². The van der Waals surface area contributed by atoms with Crippen LogP contribution >= 0.6 is 0 Å². The topological polar surface area (TPSA) is 81.5 Å². The first-order valence-corrected chi connectivity index (χ1v) is 9.75. The van der Waals surface area contributed by atoms with Crippen LogP contribution in [0.1, 0.15) is 47.9 Å². The molecule has 0 unspecified atom stereocenters. The minimum Gasteiger partial charge on any atom is -0.459 e. The SMILES string of the molecule is CC(C)n1nnnc1[C@@H](c1ccccc1F)[NH+]1CCN(C(=O)c2ccco2)CC1. The van der Waals surface area contributed by atoms with Gasteiger partial charge in [-0.15, -0.1) is 5.10 Å². The zero-order valence-electron chi connectivity index (χ0n) is 16.5. The van der Waals surface area contributed by atoms with E-state index in [0.29, 0.717) is 43.3 Å². The second-order valence-electron chi connectivity index (χ2n) is 7.46. The molecular formula is C20H24FN6O2+. The van der Waals surface area contributed by atoms with Gasteiger partial charge in [-0.2, -0.15) is 0 Å². The zero-order chi connectivity index (χ0) is 20.4. The summed E-state index contributed by atoms with van der Waals surface area (Å²) in [7, 11) is 0. The van der Waals surface area contributed by atoms with Gasteiger partial charge in [0.25, 0.3) is 5.91 Å². The van der Waals surface area contributed by atoms with Gasteiger partial charge in [0.1, 0.15) is 5.82 Å². The van der Waals surface area contributed by atoms with Gasteiger partial charge in [0.2, 0.25) is 5.82 Å². The fourth-order valence-corrected chi connectivity index (χ4v) is 3.85. The van der Waals surface area contributed by atoms with Crippen molar-refractivity contribution in [3.8, 4) is 0 Å². The maximum absolute atomic E-state index is 14.7. The van der Waals surface area contributed by atoms with Crippen molar-refractivity contribution < 1.29 is 18.5 Å². The molecule has 8 nitrogen and oxygen atoms in total. The highest BCUT2D eigenvalue weighted by Gasteiger charge is 2.37. The summed E-state index contributed by atoms with van der Waals surface area (Å²) in [5.41, 5.74) is 0.560. The first-order valence-electron chi connectivity index (χ1n) is 9.75. The normalized spacial score (nSPS) is 16.3. The van der Waals surface area contributed by atoms with E-state index in [9.17, 15) is 9.18 Å². The second kappa shape index (κ2) is 8.12. The van der Waals surface area contributed by atoms with Crippen LogP contribution in [0.2, 0.25) is 0 Å². The highest BCUT2D eigenvalue weighted by molar-refractivity contribution is 5.91. The third-order valence-corrected chi connectivity index (χ3v) is 5.31. The number of amides is 1. The molecule has 3 heterocycles. The predicted octanol–water partition coefficient (Wildman–Crippen LogP) is 1.12. The van der Waals surface area contributed by atoms with E-state index in [4.69, 9.17) is 4.42 Å². The van der Waals surface area contributed by atoms with Gasteiger partial charge in [0.15, 0.2) is 11.8 Å². The molecule has 3 aromatic rings. The first kappa shape index (κ1) is 19.3. The number of quaternary nitrogens is 1. The van der Waals surface area contributed by atoms with Gasteiger partial charge in [0.05, 0.1) is 44.0 Å². The number of carbonyl (C=O) groups is 1. The number of aromatic nitrogens is 4. The Morgan fingerprint density at radius 2 is 1.93 bits per heavy atom. The van der Waals surface area contributed by atoms with Crippen LogP contribution in [0.15, 0.2) is 47.1 Å². The Labute approximate surface area is 167 Å². The lowest BCUT2D eigenvalue weighted by Gasteiger charge is -2.36. The molecule has 2 aromatic heterocycles. The number of hydrogen-bond donors (Lipinski definition) is 1. The Hall–Kier alpha value is -3.07. The van der Waals surface area contributed by atoms with Crippen LogP contribution in [0, 0.1) is 5.82 Å². The number of rotatable bonds is 5. The lowest BCUT2D eigenvalue weighted by atomic mass is 10.0. The van der Waals surface area contributed by atoms with Crippen LogP contribution in [0.4, 0.5) is 4.39 Å². The van der Waals surface area contributed by atoms with Crippen LogP contribution in [0.25, 0.3) is 0 Å². The Kier molecular flexibility index (Phi) is 5.39. The van der Waals surface area contributed by atoms with Crippen molar-refractivity contribution in [3.05, 3.63) is 65.6 Å². The van der Waals surface area contributed by atoms with Crippen molar-refractivity contribution >= 4 is 5.91 Å². The molecule has 0 spiro atoms. The van der Waals surface area contributed by atoms with Gasteiger partial charge < -0.3 is 14.2 Å². The largest absolute Gasteiger partial charge is 0.459 e. The Morgan fingerprint density at radius 3 is 2.59 bits per heavy atom. The molecule has 29 heavy (non-hydrogen) atoms. The maximum Gasteiger partial charge on any atom is 0.289 e. The summed E-state index contributed by atoms with van der Waals surface area (Å²) < 4.78 is 21.7. The average Bonchev–Trinajstić information content (AvgIpc) is 3.42. The van der Waals surface area contributed by atoms with Crippen molar-refractivity contribution in [1.82, 2.24) is 25.1 Å². The highest BCUT2D eigenvalue weighted by Crippen LogP contribution is 2.22. The van der Waals surface area contributed by atoms with Gasteiger partial charge in [0, 0.05) is 0 Å². The summed E-state index contributed by atoms with van der Waals surface area (Å²) in [5.74, 6) is 0.565. The summed E-state index contributed by atoms with van der Waals surface area (Å²) in [5, 5.41) is 12.2. The van der Waals surface area contributed by atoms with Crippen molar-refractivity contribution in [2.45, 2.75) is 25.9 Å². The fraction of sp³-hybridized carbons (Fsp3) is 0.400. The number of nitrogens with one attached hydrogen (secondary N) is 1. The van der Waals surface area contributed by atoms with E-state index in [0.717, 1.165) is 4.90 Å². The number of tetrazole rings is 1. The van der Waals surface area contributed by atoms with Crippen molar-refractivity contribution in [1.29, 1.82) is 0 Å². The fourth-order valence-electron chi connectivity index (χ4n) is 3.85. The molecule has 0 aliphatic carbocycles. The molecule has 152 valence electrons. The van der Waals surface area contributed by atoms with E-state index in [1.165, 1.54) is 12.3 Å². The number of benzene rings is 1. The van der Waals surface area contributed by atoms with Gasteiger partial charge in [-0.3, -0.25) is 4.79 Å². The van der Waals surface area contributed by atoms with E-state index >= 15 is 0 Å². The number of hydrogen-bond acceptors (Lipinski definition) is 5. The molecular weight excluding hydrogens is 375 g/mol. The summed E-state index contributed by atoms with van der Waals surface area (Å²) in [6, 6.07) is 9.82. The first-order chi connectivity index (χ1) is 14.1. The number of carbonyl (C=O) groups excluding carboxylic acids is 1. The monoisotopic (exact) mass is 399 g/mol. The van der Waals surface area contributed by atoms with E-state index in [1.807, 2.05) is 19.9 Å². The quantitative estimate of drug-likeness (QED) is 0.695. The van der Waals surface area contributed by atoms with Crippen molar-refractivity contribution in [3.63, 3.8) is 0 Å². The van der Waals surface area contributed by atoms with Crippen LogP contribution < -0.4 is 4.90 Å². The van der Waals surface area contributed by atoms with Gasteiger partial charge in [-0.1, -0.05) is 12.1 Å². The summed E-state index contributed by atoms with van der Waals surface area (Å²) in [6.07, 6.45) is 1.49. The molecule has 1 N–H and O–H groups in total. The lowest BCUT2D eigenvalue weighted by Crippen LogP contribution is -3.15. The Balaban J connectivity index is 1.61. The second-order valence-corrected chi connectivity index (χ2v) is 7.46. The van der Waals surface area contributed by atoms with Crippen LogP contribution in [-0.2, 0) is 0 Å². The molecule has 1 aromatic carbocycles. The smallest absolute Gasteiger partial charge is 0.289 e. The summed E-state index contributed by atoms with van der Waals surface area (Å²) in [4.78, 5) is 15.5. The molecule has 0 radical (unpaired) electrons. The highest BCUT2D eigenvalue weighted by atomic mass is 19.1. The van der Waals surface area contributed by atoms with Crippen molar-refractivity contribution in [2.75, 3.05) is 26.2 Å². The molecule has 4 rings (SSSR count). The summed E-state index contributed by atoms with van der Waals surface area (Å²) in [6.45, 7) is 6.38. The van der Waals surface area contributed by atoms with Crippen LogP contribution in [0.3, 0.4) is 0 Å². The molecule has 1 amide bonds. The van der Waals surface area contributed by atoms with Crippen molar-refractivity contribution in [2.24, 2.45) is 0 Å². The molecule has 1 fully saturated rings. The predicted molar refractivity (Wildman–Crippen MR) is 102 cm³/mol. The maximum atomic E-state index is 14.7. The lowest BCUT2D eigenvalue weighted by molar-refractivity contribution is -0.930. The molecule has 1 saturated heterocycles.